The lowest BCUT2D eigenvalue weighted by Crippen LogP contribution is -2.32. The maximum Gasteiger partial charge on any atom is 0.320 e. The topological polar surface area (TPSA) is 63.3 Å². The predicted octanol–water partition coefficient (Wildman–Crippen LogP) is -0.240. The summed E-state index contributed by atoms with van der Waals surface area (Å²) in [6, 6.07) is -1.20. The van der Waals surface area contributed by atoms with Gasteiger partial charge in [-0.3, -0.25) is 4.79 Å². The highest BCUT2D eigenvalue weighted by atomic mass is 19.1. The van der Waals surface area contributed by atoms with Gasteiger partial charge in [-0.25, -0.2) is 4.39 Å². The highest BCUT2D eigenvalue weighted by molar-refractivity contribution is 5.73. The summed E-state index contributed by atoms with van der Waals surface area (Å²) in [4.78, 5) is 9.99. The van der Waals surface area contributed by atoms with E-state index in [0.717, 1.165) is 0 Å². The summed E-state index contributed by atoms with van der Waals surface area (Å²) in [5.74, 6) is 0.503. The van der Waals surface area contributed by atoms with Crippen molar-refractivity contribution in [1.29, 1.82) is 0 Å². The Morgan fingerprint density at radius 3 is 2.70 bits per heavy atom. The second-order valence-corrected chi connectivity index (χ2v) is 1.81. The molecule has 4 heteroatoms. The fourth-order valence-electron chi connectivity index (χ4n) is 0.392. The minimum absolute atomic E-state index is 0.328. The minimum atomic E-state index is -1.56. The lowest BCUT2D eigenvalue weighted by Gasteiger charge is -2.04. The Bertz CT molecular complexity index is 164. The van der Waals surface area contributed by atoms with Gasteiger partial charge < -0.3 is 10.8 Å². The van der Waals surface area contributed by atoms with Gasteiger partial charge in [0.05, 0.1) is 0 Å². The van der Waals surface area contributed by atoms with Gasteiger partial charge in [0.25, 0.3) is 0 Å². The van der Waals surface area contributed by atoms with Crippen molar-refractivity contribution < 1.29 is 14.3 Å². The summed E-state index contributed by atoms with van der Waals surface area (Å²) in [7, 11) is 0. The van der Waals surface area contributed by atoms with Crippen LogP contribution in [0.1, 0.15) is 6.42 Å². The third-order valence-corrected chi connectivity index (χ3v) is 0.959. The van der Waals surface area contributed by atoms with E-state index in [9.17, 15) is 9.18 Å². The number of aliphatic carboxylic acids is 1. The van der Waals surface area contributed by atoms with Crippen LogP contribution < -0.4 is 5.73 Å². The van der Waals surface area contributed by atoms with Gasteiger partial charge in [-0.05, 0) is 0 Å². The van der Waals surface area contributed by atoms with Crippen molar-refractivity contribution >= 4 is 5.97 Å². The Morgan fingerprint density at radius 2 is 2.40 bits per heavy atom. The van der Waals surface area contributed by atoms with Crippen molar-refractivity contribution in [3.05, 3.63) is 0 Å². The quantitative estimate of drug-likeness (QED) is 0.539. The van der Waals surface area contributed by atoms with E-state index in [1.54, 1.807) is 5.92 Å². The molecule has 10 heavy (non-hydrogen) atoms. The fraction of sp³-hybridized carbons (Fsp3) is 0.500. The van der Waals surface area contributed by atoms with Crippen LogP contribution in [0, 0.1) is 12.3 Å². The number of carbonyl (C=O) groups is 1. The van der Waals surface area contributed by atoms with Gasteiger partial charge in [-0.1, -0.05) is 5.92 Å². The third kappa shape index (κ3) is 3.05. The maximum absolute atomic E-state index is 12.2. The average molecular weight is 145 g/mol. The SMILES string of the molecule is C#C[C@@H](F)C[C@H](N)C(=O)O. The molecule has 0 heterocycles. The molecule has 0 aliphatic heterocycles. The summed E-state index contributed by atoms with van der Waals surface area (Å²) in [5, 5.41) is 8.17. The molecule has 56 valence electrons. The molecule has 0 aromatic carbocycles. The van der Waals surface area contributed by atoms with Gasteiger partial charge in [0.15, 0.2) is 6.17 Å². The monoisotopic (exact) mass is 145 g/mol. The van der Waals surface area contributed by atoms with Crippen molar-refractivity contribution in [1.82, 2.24) is 0 Å². The van der Waals surface area contributed by atoms with Crippen molar-refractivity contribution in [2.75, 3.05) is 0 Å². The normalized spacial score (nSPS) is 15.3. The number of terminal acetylenes is 1. The smallest absolute Gasteiger partial charge is 0.320 e. The lowest BCUT2D eigenvalue weighted by molar-refractivity contribution is -0.138. The van der Waals surface area contributed by atoms with Crippen molar-refractivity contribution in [3.8, 4) is 12.3 Å². The molecule has 0 aliphatic rings. The van der Waals surface area contributed by atoms with Gasteiger partial charge >= 0.3 is 5.97 Å². The molecule has 2 atom stereocenters. The molecule has 0 aliphatic carbocycles. The zero-order valence-electron chi connectivity index (χ0n) is 5.25. The van der Waals surface area contributed by atoms with Gasteiger partial charge in [0.2, 0.25) is 0 Å². The summed E-state index contributed by atoms with van der Waals surface area (Å²) in [6.07, 6.45) is 2.76. The van der Waals surface area contributed by atoms with E-state index in [4.69, 9.17) is 10.8 Å². The predicted molar refractivity (Wildman–Crippen MR) is 34.0 cm³/mol. The van der Waals surface area contributed by atoms with Crippen LogP contribution in [-0.2, 0) is 4.79 Å². The number of halogens is 1. The Kier molecular flexibility index (Phi) is 3.44. The Balaban J connectivity index is 3.70. The van der Waals surface area contributed by atoms with E-state index in [2.05, 4.69) is 6.42 Å². The molecule has 0 unspecified atom stereocenters. The molecule has 0 rings (SSSR count). The van der Waals surface area contributed by atoms with E-state index in [1.165, 1.54) is 0 Å². The second-order valence-electron chi connectivity index (χ2n) is 1.81. The zero-order chi connectivity index (χ0) is 8.15. The second kappa shape index (κ2) is 3.85. The summed E-state index contributed by atoms with van der Waals surface area (Å²) in [5.41, 5.74) is 4.96. The van der Waals surface area contributed by atoms with Crippen LogP contribution in [0.15, 0.2) is 0 Å². The van der Waals surface area contributed by atoms with Gasteiger partial charge in [-0.15, -0.1) is 6.42 Å². The van der Waals surface area contributed by atoms with Crippen LogP contribution in [-0.4, -0.2) is 23.3 Å². The van der Waals surface area contributed by atoms with E-state index >= 15 is 0 Å². The molecule has 0 saturated carbocycles. The number of carboxylic acid groups (broad SMARTS) is 1. The van der Waals surface area contributed by atoms with Crippen LogP contribution >= 0.6 is 0 Å². The standard InChI is InChI=1S/C6H8FNO2/c1-2-4(7)3-5(8)6(9)10/h1,4-5H,3,8H2,(H,9,10)/t4-,5+/m1/s1. The number of nitrogens with two attached hydrogens (primary N) is 1. The van der Waals surface area contributed by atoms with E-state index in [1.807, 2.05) is 0 Å². The molecular formula is C6H8FNO2. The summed E-state index contributed by atoms with van der Waals surface area (Å²) in [6.45, 7) is 0. The average Bonchev–Trinajstić information content (AvgIpc) is 1.87. The number of rotatable bonds is 3. The summed E-state index contributed by atoms with van der Waals surface area (Å²) < 4.78 is 12.2. The molecule has 0 amide bonds. The van der Waals surface area contributed by atoms with E-state index in [0.29, 0.717) is 0 Å². The van der Waals surface area contributed by atoms with Gasteiger partial charge in [-0.2, -0.15) is 0 Å². The molecule has 0 bridgehead atoms. The van der Waals surface area contributed by atoms with Crippen molar-refractivity contribution in [2.45, 2.75) is 18.6 Å². The fourth-order valence-corrected chi connectivity index (χ4v) is 0.392. The largest absolute Gasteiger partial charge is 0.480 e. The molecule has 3 nitrogen and oxygen atoms in total. The van der Waals surface area contributed by atoms with Gasteiger partial charge in [0, 0.05) is 6.42 Å². The third-order valence-electron chi connectivity index (χ3n) is 0.959. The number of hydrogen-bond donors (Lipinski definition) is 2. The van der Waals surface area contributed by atoms with E-state index < -0.39 is 18.2 Å². The Morgan fingerprint density at radius 1 is 1.90 bits per heavy atom. The van der Waals surface area contributed by atoms with Crippen LogP contribution in [0.25, 0.3) is 0 Å². The molecule has 0 saturated heterocycles. The van der Waals surface area contributed by atoms with Crippen LogP contribution in [0.5, 0.6) is 0 Å². The number of carboxylic acids is 1. The summed E-state index contributed by atoms with van der Waals surface area (Å²) >= 11 is 0. The van der Waals surface area contributed by atoms with Crippen LogP contribution in [0.2, 0.25) is 0 Å². The maximum atomic E-state index is 12.2. The highest BCUT2D eigenvalue weighted by Crippen LogP contribution is 1.98. The van der Waals surface area contributed by atoms with Crippen molar-refractivity contribution in [2.24, 2.45) is 5.73 Å². The molecule has 3 N–H and O–H groups in total. The first-order valence-corrected chi connectivity index (χ1v) is 2.66. The molecule has 0 fully saturated rings. The molecule has 0 radical (unpaired) electrons. The first-order chi connectivity index (χ1) is 4.57. The lowest BCUT2D eigenvalue weighted by atomic mass is 10.1. The molecular weight excluding hydrogens is 137 g/mol. The molecule has 0 aromatic rings. The van der Waals surface area contributed by atoms with Gasteiger partial charge in [0.1, 0.15) is 6.04 Å². The highest BCUT2D eigenvalue weighted by Gasteiger charge is 2.15. The van der Waals surface area contributed by atoms with Crippen molar-refractivity contribution in [3.63, 3.8) is 0 Å². The Hall–Kier alpha value is -1.08. The first-order valence-electron chi connectivity index (χ1n) is 2.66. The molecule has 0 aromatic heterocycles. The zero-order valence-corrected chi connectivity index (χ0v) is 5.25. The first kappa shape index (κ1) is 8.92. The Labute approximate surface area is 58.0 Å². The minimum Gasteiger partial charge on any atom is -0.480 e. The van der Waals surface area contributed by atoms with Crippen LogP contribution in [0.3, 0.4) is 0 Å². The molecule has 0 spiro atoms. The number of hydrogen-bond acceptors (Lipinski definition) is 2. The van der Waals surface area contributed by atoms with E-state index in [-0.39, 0.29) is 6.42 Å². The number of alkyl halides is 1. The van der Waals surface area contributed by atoms with Crippen LogP contribution in [0.4, 0.5) is 4.39 Å².